The van der Waals surface area contributed by atoms with Crippen LogP contribution in [0.15, 0.2) is 72.8 Å². The maximum absolute atomic E-state index is 13.5. The number of nitrogens with zero attached hydrogens (tertiary/aromatic N) is 2. The predicted molar refractivity (Wildman–Crippen MR) is 131 cm³/mol. The van der Waals surface area contributed by atoms with E-state index in [0.717, 1.165) is 60.0 Å². The minimum Gasteiger partial charge on any atom is -0.497 e. The monoisotopic (exact) mass is 429 g/mol. The average Bonchev–Trinajstić information content (AvgIpc) is 2.83. The van der Waals surface area contributed by atoms with Gasteiger partial charge in [0.2, 0.25) is 5.91 Å². The van der Waals surface area contributed by atoms with Crippen molar-refractivity contribution in [1.29, 1.82) is 0 Å². The number of benzene rings is 3. The second-order valence-corrected chi connectivity index (χ2v) is 8.35. The third-order valence-electron chi connectivity index (χ3n) is 6.11. The summed E-state index contributed by atoms with van der Waals surface area (Å²) in [6, 6.07) is 24.1. The highest BCUT2D eigenvalue weighted by Gasteiger charge is 2.31. The Kier molecular flexibility index (Phi) is 6.76. The van der Waals surface area contributed by atoms with E-state index in [0.29, 0.717) is 0 Å². The molecule has 3 aromatic rings. The number of carbonyl (C=O) groups excluding carboxylic acids is 1. The van der Waals surface area contributed by atoms with Crippen LogP contribution in [-0.4, -0.2) is 44.1 Å². The molecule has 0 unspecified atom stereocenters. The third-order valence-corrected chi connectivity index (χ3v) is 6.11. The first kappa shape index (κ1) is 21.9. The van der Waals surface area contributed by atoms with Gasteiger partial charge >= 0.3 is 0 Å². The number of methoxy groups -OCH3 is 1. The SMILES string of the molecule is COc1cccc(N2CCN([C@H](C(=O)Nc3cc(C)ccc3C)c3ccccc3)CC2)c1. The molecule has 1 aliphatic heterocycles. The van der Waals surface area contributed by atoms with E-state index in [4.69, 9.17) is 4.74 Å². The number of anilines is 2. The molecule has 0 aromatic heterocycles. The molecule has 1 fully saturated rings. The van der Waals surface area contributed by atoms with Crippen molar-refractivity contribution in [2.75, 3.05) is 43.5 Å². The van der Waals surface area contributed by atoms with Crippen molar-refractivity contribution in [2.45, 2.75) is 19.9 Å². The minimum atomic E-state index is -0.330. The van der Waals surface area contributed by atoms with E-state index in [2.05, 4.69) is 39.4 Å². The maximum Gasteiger partial charge on any atom is 0.246 e. The smallest absolute Gasteiger partial charge is 0.246 e. The minimum absolute atomic E-state index is 0.0136. The van der Waals surface area contributed by atoms with Crippen LogP contribution < -0.4 is 15.0 Å². The van der Waals surface area contributed by atoms with Crippen LogP contribution in [-0.2, 0) is 4.79 Å². The maximum atomic E-state index is 13.5. The predicted octanol–water partition coefficient (Wildman–Crippen LogP) is 4.81. The lowest BCUT2D eigenvalue weighted by atomic mass is 10.0. The molecule has 3 aromatic carbocycles. The topological polar surface area (TPSA) is 44.8 Å². The lowest BCUT2D eigenvalue weighted by molar-refractivity contribution is -0.121. The number of hydrogen-bond donors (Lipinski definition) is 1. The summed E-state index contributed by atoms with van der Waals surface area (Å²) in [6.07, 6.45) is 0. The molecule has 1 saturated heterocycles. The second kappa shape index (κ2) is 9.88. The number of amides is 1. The Morgan fingerprint density at radius 2 is 1.66 bits per heavy atom. The Labute approximate surface area is 190 Å². The number of aryl methyl sites for hydroxylation is 2. The lowest BCUT2D eigenvalue weighted by Crippen LogP contribution is -2.50. The Morgan fingerprint density at radius 3 is 2.38 bits per heavy atom. The van der Waals surface area contributed by atoms with Crippen molar-refractivity contribution in [3.05, 3.63) is 89.5 Å². The van der Waals surface area contributed by atoms with Gasteiger partial charge in [0.05, 0.1) is 7.11 Å². The summed E-state index contributed by atoms with van der Waals surface area (Å²) < 4.78 is 5.38. The van der Waals surface area contributed by atoms with Crippen molar-refractivity contribution >= 4 is 17.3 Å². The summed E-state index contributed by atoms with van der Waals surface area (Å²) >= 11 is 0. The number of ether oxygens (including phenoxy) is 1. The van der Waals surface area contributed by atoms with Gasteiger partial charge in [0, 0.05) is 43.6 Å². The van der Waals surface area contributed by atoms with Gasteiger partial charge in [-0.05, 0) is 48.7 Å². The molecule has 5 heteroatoms. The molecule has 1 atom stereocenters. The molecule has 0 spiro atoms. The summed E-state index contributed by atoms with van der Waals surface area (Å²) in [5, 5.41) is 3.19. The van der Waals surface area contributed by atoms with E-state index in [9.17, 15) is 4.79 Å². The van der Waals surface area contributed by atoms with Crippen LogP contribution in [0.5, 0.6) is 5.75 Å². The first-order valence-electron chi connectivity index (χ1n) is 11.1. The Morgan fingerprint density at radius 1 is 0.906 bits per heavy atom. The van der Waals surface area contributed by atoms with E-state index in [1.165, 1.54) is 0 Å². The van der Waals surface area contributed by atoms with E-state index in [1.807, 2.05) is 62.4 Å². The van der Waals surface area contributed by atoms with Gasteiger partial charge in [0.15, 0.2) is 0 Å². The van der Waals surface area contributed by atoms with Crippen molar-refractivity contribution in [3.63, 3.8) is 0 Å². The van der Waals surface area contributed by atoms with Gasteiger partial charge in [-0.25, -0.2) is 0 Å². The van der Waals surface area contributed by atoms with Crippen LogP contribution >= 0.6 is 0 Å². The van der Waals surface area contributed by atoms with Crippen LogP contribution in [0.25, 0.3) is 0 Å². The van der Waals surface area contributed by atoms with E-state index >= 15 is 0 Å². The standard InChI is InChI=1S/C27H31N3O2/c1-20-12-13-21(2)25(18-20)28-27(31)26(22-8-5-4-6-9-22)30-16-14-29(15-17-30)23-10-7-11-24(19-23)32-3/h4-13,18-19,26H,14-17H2,1-3H3,(H,28,31)/t26-/m0/s1. The molecule has 4 rings (SSSR count). The zero-order valence-corrected chi connectivity index (χ0v) is 19.0. The summed E-state index contributed by atoms with van der Waals surface area (Å²) in [6.45, 7) is 7.38. The number of nitrogens with one attached hydrogen (secondary N) is 1. The molecule has 0 radical (unpaired) electrons. The Balaban J connectivity index is 1.53. The van der Waals surface area contributed by atoms with Gasteiger partial charge in [-0.1, -0.05) is 48.5 Å². The first-order chi connectivity index (χ1) is 15.5. The van der Waals surface area contributed by atoms with Crippen molar-refractivity contribution in [2.24, 2.45) is 0 Å². The normalized spacial score (nSPS) is 15.3. The van der Waals surface area contributed by atoms with Crippen molar-refractivity contribution in [3.8, 4) is 5.75 Å². The third kappa shape index (κ3) is 4.94. The van der Waals surface area contributed by atoms with Gasteiger partial charge in [0.25, 0.3) is 0 Å². The molecule has 0 aliphatic carbocycles. The quantitative estimate of drug-likeness (QED) is 0.611. The fourth-order valence-corrected chi connectivity index (χ4v) is 4.28. The van der Waals surface area contributed by atoms with Gasteiger partial charge in [-0.2, -0.15) is 0 Å². The zero-order chi connectivity index (χ0) is 22.5. The Bertz CT molecular complexity index is 1060. The molecular weight excluding hydrogens is 398 g/mol. The average molecular weight is 430 g/mol. The number of rotatable bonds is 6. The molecule has 1 amide bonds. The highest BCUT2D eigenvalue weighted by atomic mass is 16.5. The Hall–Kier alpha value is -3.31. The molecule has 1 N–H and O–H groups in total. The molecule has 32 heavy (non-hydrogen) atoms. The lowest BCUT2D eigenvalue weighted by Gasteiger charge is -2.40. The summed E-state index contributed by atoms with van der Waals surface area (Å²) in [5.74, 6) is 0.875. The van der Waals surface area contributed by atoms with E-state index in [1.54, 1.807) is 7.11 Å². The summed E-state index contributed by atoms with van der Waals surface area (Å²) in [4.78, 5) is 18.2. The molecule has 5 nitrogen and oxygen atoms in total. The van der Waals surface area contributed by atoms with Gasteiger partial charge in [0.1, 0.15) is 11.8 Å². The number of carbonyl (C=O) groups is 1. The summed E-state index contributed by atoms with van der Waals surface area (Å²) in [5.41, 5.74) is 5.25. The summed E-state index contributed by atoms with van der Waals surface area (Å²) in [7, 11) is 1.69. The van der Waals surface area contributed by atoms with Crippen LogP contribution in [0, 0.1) is 13.8 Å². The van der Waals surface area contributed by atoms with E-state index < -0.39 is 0 Å². The molecule has 1 heterocycles. The molecule has 0 saturated carbocycles. The van der Waals surface area contributed by atoms with Crippen LogP contribution in [0.1, 0.15) is 22.7 Å². The molecule has 0 bridgehead atoms. The van der Waals surface area contributed by atoms with Crippen LogP contribution in [0.4, 0.5) is 11.4 Å². The number of piperazine rings is 1. The molecule has 1 aliphatic rings. The number of hydrogen-bond acceptors (Lipinski definition) is 4. The zero-order valence-electron chi connectivity index (χ0n) is 19.0. The largest absolute Gasteiger partial charge is 0.497 e. The second-order valence-electron chi connectivity index (χ2n) is 8.35. The van der Waals surface area contributed by atoms with Crippen molar-refractivity contribution < 1.29 is 9.53 Å². The van der Waals surface area contributed by atoms with Crippen molar-refractivity contribution in [1.82, 2.24) is 4.90 Å². The van der Waals surface area contributed by atoms with Crippen LogP contribution in [0.3, 0.4) is 0 Å². The highest BCUT2D eigenvalue weighted by molar-refractivity contribution is 5.96. The first-order valence-corrected chi connectivity index (χ1v) is 11.1. The molecule has 166 valence electrons. The van der Waals surface area contributed by atoms with Gasteiger partial charge in [-0.3, -0.25) is 9.69 Å². The fourth-order valence-electron chi connectivity index (χ4n) is 4.28. The fraction of sp³-hybridized carbons (Fsp3) is 0.296. The highest BCUT2D eigenvalue weighted by Crippen LogP contribution is 2.28. The molecular formula is C27H31N3O2. The van der Waals surface area contributed by atoms with Gasteiger partial charge in [-0.15, -0.1) is 0 Å². The van der Waals surface area contributed by atoms with E-state index in [-0.39, 0.29) is 11.9 Å². The van der Waals surface area contributed by atoms with Crippen LogP contribution in [0.2, 0.25) is 0 Å². The van der Waals surface area contributed by atoms with Gasteiger partial charge < -0.3 is 15.0 Å².